The molecule has 3 N–H and O–H groups in total. The maximum absolute atomic E-state index is 7.35. The second-order valence-electron chi connectivity index (χ2n) is 4.16. The molecule has 4 nitrogen and oxygen atoms in total. The molecule has 0 bridgehead atoms. The van der Waals surface area contributed by atoms with Gasteiger partial charge in [-0.05, 0) is 37.1 Å². The number of aryl methyl sites for hydroxylation is 2. The number of hydrogen-bond donors (Lipinski definition) is 2. The molecule has 0 amide bonds. The van der Waals surface area contributed by atoms with E-state index in [4.69, 9.17) is 15.9 Å². The Morgan fingerprint density at radius 2 is 2.00 bits per heavy atom. The first-order chi connectivity index (χ1) is 8.56. The van der Waals surface area contributed by atoms with E-state index in [1.165, 1.54) is 0 Å². The lowest BCUT2D eigenvalue weighted by Gasteiger charge is -2.10. The predicted octanol–water partition coefficient (Wildman–Crippen LogP) is 2.77. The third-order valence-corrected chi connectivity index (χ3v) is 2.58. The van der Waals surface area contributed by atoms with Gasteiger partial charge >= 0.3 is 0 Å². The van der Waals surface area contributed by atoms with Crippen molar-refractivity contribution in [2.24, 2.45) is 5.73 Å². The Morgan fingerprint density at radius 3 is 2.72 bits per heavy atom. The van der Waals surface area contributed by atoms with Crippen molar-refractivity contribution in [3.63, 3.8) is 0 Å². The molecule has 1 heterocycles. The summed E-state index contributed by atoms with van der Waals surface area (Å²) in [6.07, 6.45) is 1.58. The molecule has 2 rings (SSSR count). The van der Waals surface area contributed by atoms with Gasteiger partial charge in [0.25, 0.3) is 0 Å². The molecule has 0 saturated carbocycles. The van der Waals surface area contributed by atoms with Gasteiger partial charge in [0.05, 0.1) is 0 Å². The van der Waals surface area contributed by atoms with Crippen LogP contribution in [0.2, 0.25) is 0 Å². The molecule has 4 heteroatoms. The van der Waals surface area contributed by atoms with Gasteiger partial charge in [0.1, 0.15) is 23.0 Å². The van der Waals surface area contributed by atoms with Crippen LogP contribution in [-0.4, -0.2) is 10.8 Å². The molecule has 0 fully saturated rings. The van der Waals surface area contributed by atoms with Crippen molar-refractivity contribution in [3.8, 4) is 11.5 Å². The van der Waals surface area contributed by atoms with Crippen LogP contribution in [0.4, 0.5) is 0 Å². The molecular formula is C14H15N3O. The molecule has 0 radical (unpaired) electrons. The van der Waals surface area contributed by atoms with E-state index in [-0.39, 0.29) is 5.84 Å². The Labute approximate surface area is 106 Å². The molecule has 18 heavy (non-hydrogen) atoms. The van der Waals surface area contributed by atoms with Gasteiger partial charge in [0.15, 0.2) is 0 Å². The Kier molecular flexibility index (Phi) is 3.28. The molecule has 1 aromatic heterocycles. The van der Waals surface area contributed by atoms with Crippen LogP contribution in [0.3, 0.4) is 0 Å². The molecule has 0 spiro atoms. The van der Waals surface area contributed by atoms with Gasteiger partial charge in [0.2, 0.25) is 0 Å². The number of benzene rings is 1. The summed E-state index contributed by atoms with van der Waals surface area (Å²) in [6.45, 7) is 4.00. The minimum absolute atomic E-state index is 0.0681. The zero-order chi connectivity index (χ0) is 13.1. The van der Waals surface area contributed by atoms with E-state index in [9.17, 15) is 0 Å². The smallest absolute Gasteiger partial charge is 0.141 e. The second-order valence-corrected chi connectivity index (χ2v) is 4.16. The largest absolute Gasteiger partial charge is 0.457 e. The fourth-order valence-electron chi connectivity index (χ4n) is 1.57. The van der Waals surface area contributed by atoms with E-state index in [0.29, 0.717) is 11.4 Å². The summed E-state index contributed by atoms with van der Waals surface area (Å²) in [7, 11) is 0. The first kappa shape index (κ1) is 12.1. The van der Waals surface area contributed by atoms with Crippen LogP contribution in [-0.2, 0) is 0 Å². The summed E-state index contributed by atoms with van der Waals surface area (Å²) in [6, 6.07) is 9.43. The fourth-order valence-corrected chi connectivity index (χ4v) is 1.57. The van der Waals surface area contributed by atoms with Gasteiger partial charge in [0, 0.05) is 12.3 Å². The predicted molar refractivity (Wildman–Crippen MR) is 71.2 cm³/mol. The van der Waals surface area contributed by atoms with Crippen LogP contribution in [0.5, 0.6) is 11.5 Å². The minimum Gasteiger partial charge on any atom is -0.457 e. The maximum Gasteiger partial charge on any atom is 0.141 e. The average Bonchev–Trinajstić information content (AvgIpc) is 2.34. The van der Waals surface area contributed by atoms with Gasteiger partial charge in [-0.15, -0.1) is 0 Å². The van der Waals surface area contributed by atoms with Gasteiger partial charge in [-0.3, -0.25) is 10.4 Å². The summed E-state index contributed by atoms with van der Waals surface area (Å²) in [5.41, 5.74) is 8.00. The molecule has 0 saturated heterocycles. The standard InChI is InChI=1S/C14H15N3O/c1-9-3-4-10(2)13(7-9)18-11-5-6-17-12(8-11)14(15)16/h3-8H,1-2H3,(H3,15,16). The zero-order valence-corrected chi connectivity index (χ0v) is 10.4. The van der Waals surface area contributed by atoms with Gasteiger partial charge in [-0.25, -0.2) is 0 Å². The quantitative estimate of drug-likeness (QED) is 0.641. The van der Waals surface area contributed by atoms with E-state index < -0.39 is 0 Å². The lowest BCUT2D eigenvalue weighted by Crippen LogP contribution is -2.12. The first-order valence-electron chi connectivity index (χ1n) is 5.62. The van der Waals surface area contributed by atoms with Crippen molar-refractivity contribution in [1.82, 2.24) is 4.98 Å². The number of hydrogen-bond acceptors (Lipinski definition) is 3. The summed E-state index contributed by atoms with van der Waals surface area (Å²) in [5, 5.41) is 7.35. The van der Waals surface area contributed by atoms with E-state index >= 15 is 0 Å². The Balaban J connectivity index is 2.31. The highest BCUT2D eigenvalue weighted by atomic mass is 16.5. The van der Waals surface area contributed by atoms with E-state index in [1.807, 2.05) is 32.0 Å². The van der Waals surface area contributed by atoms with E-state index in [0.717, 1.165) is 16.9 Å². The zero-order valence-electron chi connectivity index (χ0n) is 10.4. The molecule has 0 aliphatic heterocycles. The first-order valence-corrected chi connectivity index (χ1v) is 5.62. The van der Waals surface area contributed by atoms with Crippen molar-refractivity contribution in [1.29, 1.82) is 5.41 Å². The van der Waals surface area contributed by atoms with Crippen LogP contribution < -0.4 is 10.5 Å². The van der Waals surface area contributed by atoms with E-state index in [1.54, 1.807) is 18.3 Å². The van der Waals surface area contributed by atoms with Crippen molar-refractivity contribution in [2.45, 2.75) is 13.8 Å². The highest BCUT2D eigenvalue weighted by Crippen LogP contribution is 2.25. The number of ether oxygens (including phenoxy) is 1. The number of amidine groups is 1. The van der Waals surface area contributed by atoms with Crippen molar-refractivity contribution in [2.75, 3.05) is 0 Å². The monoisotopic (exact) mass is 241 g/mol. The maximum atomic E-state index is 7.35. The molecule has 2 aromatic rings. The van der Waals surface area contributed by atoms with Gasteiger partial charge in [-0.2, -0.15) is 0 Å². The van der Waals surface area contributed by atoms with Crippen molar-refractivity contribution >= 4 is 5.84 Å². The van der Waals surface area contributed by atoms with Crippen molar-refractivity contribution in [3.05, 3.63) is 53.3 Å². The van der Waals surface area contributed by atoms with E-state index in [2.05, 4.69) is 4.98 Å². The molecular weight excluding hydrogens is 226 g/mol. The number of nitrogens with two attached hydrogens (primary N) is 1. The summed E-state index contributed by atoms with van der Waals surface area (Å²) >= 11 is 0. The molecule has 0 atom stereocenters. The normalized spacial score (nSPS) is 10.1. The van der Waals surface area contributed by atoms with Crippen molar-refractivity contribution < 1.29 is 4.74 Å². The van der Waals surface area contributed by atoms with Gasteiger partial charge < -0.3 is 10.5 Å². The average molecular weight is 241 g/mol. The molecule has 0 aliphatic carbocycles. The third kappa shape index (κ3) is 2.66. The topological polar surface area (TPSA) is 72.0 Å². The summed E-state index contributed by atoms with van der Waals surface area (Å²) in [5.74, 6) is 1.36. The lowest BCUT2D eigenvalue weighted by atomic mass is 10.1. The number of nitrogen functional groups attached to an aromatic ring is 1. The minimum atomic E-state index is -0.0681. The van der Waals surface area contributed by atoms with Crippen LogP contribution in [0, 0.1) is 19.3 Å². The second kappa shape index (κ2) is 4.87. The van der Waals surface area contributed by atoms with Gasteiger partial charge in [-0.1, -0.05) is 12.1 Å². The number of pyridine rings is 1. The number of rotatable bonds is 3. The molecule has 0 unspecified atom stereocenters. The van der Waals surface area contributed by atoms with Crippen LogP contribution in [0.15, 0.2) is 36.5 Å². The lowest BCUT2D eigenvalue weighted by molar-refractivity contribution is 0.477. The summed E-state index contributed by atoms with van der Waals surface area (Å²) in [4.78, 5) is 3.99. The number of aromatic nitrogens is 1. The number of nitrogens with zero attached hydrogens (tertiary/aromatic N) is 1. The Hall–Kier alpha value is -2.36. The summed E-state index contributed by atoms with van der Waals surface area (Å²) < 4.78 is 5.79. The Morgan fingerprint density at radius 1 is 1.22 bits per heavy atom. The number of nitrogens with one attached hydrogen (secondary N) is 1. The van der Waals surface area contributed by atoms with Crippen LogP contribution >= 0.6 is 0 Å². The highest BCUT2D eigenvalue weighted by Gasteiger charge is 2.04. The van der Waals surface area contributed by atoms with Crippen LogP contribution in [0.1, 0.15) is 16.8 Å². The molecule has 1 aromatic carbocycles. The fraction of sp³-hybridized carbons (Fsp3) is 0.143. The Bertz CT molecular complexity index is 593. The SMILES string of the molecule is Cc1ccc(C)c(Oc2ccnc(C(=N)N)c2)c1. The highest BCUT2D eigenvalue weighted by molar-refractivity contribution is 5.93. The molecule has 92 valence electrons. The third-order valence-electron chi connectivity index (χ3n) is 2.58. The van der Waals surface area contributed by atoms with Crippen LogP contribution in [0.25, 0.3) is 0 Å². The molecule has 0 aliphatic rings.